The molecule has 2 bridgehead atoms. The van der Waals surface area contributed by atoms with Gasteiger partial charge in [0.15, 0.2) is 0 Å². The highest BCUT2D eigenvalue weighted by Crippen LogP contribution is 2.42. The van der Waals surface area contributed by atoms with Crippen molar-refractivity contribution in [3.05, 3.63) is 29.3 Å². The molecular formula is C20H30N2O. The maximum atomic E-state index is 12.9. The molecule has 0 saturated heterocycles. The van der Waals surface area contributed by atoms with Crippen LogP contribution in [0.15, 0.2) is 18.2 Å². The SMILES string of the molecule is Cc1cccc(C(C)C)c1NC(=O)C1CC2CCCC(C1)C2N. The quantitative estimate of drug-likeness (QED) is 0.878. The molecule has 1 amide bonds. The Morgan fingerprint density at radius 3 is 2.48 bits per heavy atom. The minimum Gasteiger partial charge on any atom is -0.327 e. The molecule has 2 aliphatic rings. The van der Waals surface area contributed by atoms with Gasteiger partial charge in [0.05, 0.1) is 0 Å². The zero-order valence-corrected chi connectivity index (χ0v) is 14.6. The maximum Gasteiger partial charge on any atom is 0.227 e. The summed E-state index contributed by atoms with van der Waals surface area (Å²) in [6, 6.07) is 6.59. The highest BCUT2D eigenvalue weighted by molar-refractivity contribution is 5.94. The van der Waals surface area contributed by atoms with Crippen LogP contribution in [0, 0.1) is 24.7 Å². The number of anilines is 1. The summed E-state index contributed by atoms with van der Waals surface area (Å²) in [5.41, 5.74) is 9.75. The number of benzene rings is 1. The molecule has 2 atom stereocenters. The molecule has 0 spiro atoms. The molecule has 3 nitrogen and oxygen atoms in total. The van der Waals surface area contributed by atoms with Crippen molar-refractivity contribution in [2.45, 2.75) is 64.8 Å². The van der Waals surface area contributed by atoms with E-state index in [0.29, 0.717) is 23.8 Å². The van der Waals surface area contributed by atoms with Gasteiger partial charge in [0.25, 0.3) is 0 Å². The molecule has 3 heteroatoms. The van der Waals surface area contributed by atoms with Gasteiger partial charge in [-0.2, -0.15) is 0 Å². The van der Waals surface area contributed by atoms with Crippen LogP contribution >= 0.6 is 0 Å². The van der Waals surface area contributed by atoms with Crippen LogP contribution in [-0.4, -0.2) is 11.9 Å². The summed E-state index contributed by atoms with van der Waals surface area (Å²) in [5, 5.41) is 3.25. The number of nitrogens with two attached hydrogens (primary N) is 1. The highest BCUT2D eigenvalue weighted by Gasteiger charge is 2.40. The van der Waals surface area contributed by atoms with E-state index >= 15 is 0 Å². The molecule has 1 aromatic rings. The first kappa shape index (κ1) is 16.5. The average molecular weight is 314 g/mol. The Kier molecular flexibility index (Phi) is 4.77. The van der Waals surface area contributed by atoms with Crippen molar-refractivity contribution in [2.24, 2.45) is 23.5 Å². The Bertz CT molecular complexity index is 567. The predicted molar refractivity (Wildman–Crippen MR) is 95.4 cm³/mol. The second kappa shape index (κ2) is 6.64. The Morgan fingerprint density at radius 1 is 1.22 bits per heavy atom. The van der Waals surface area contributed by atoms with Gasteiger partial charge in [0, 0.05) is 17.6 Å². The summed E-state index contributed by atoms with van der Waals surface area (Å²) in [6.45, 7) is 6.43. The number of hydrogen-bond acceptors (Lipinski definition) is 2. The average Bonchev–Trinajstić information content (AvgIpc) is 2.48. The van der Waals surface area contributed by atoms with E-state index in [2.05, 4.69) is 44.3 Å². The van der Waals surface area contributed by atoms with E-state index in [-0.39, 0.29) is 11.8 Å². The summed E-state index contributed by atoms with van der Waals surface area (Å²) < 4.78 is 0. The molecule has 1 aromatic carbocycles. The van der Waals surface area contributed by atoms with E-state index in [0.717, 1.165) is 24.1 Å². The number of nitrogens with one attached hydrogen (secondary N) is 1. The van der Waals surface area contributed by atoms with Gasteiger partial charge in [-0.15, -0.1) is 0 Å². The standard InChI is InChI=1S/C20H30N2O/c1-12(2)17-9-4-6-13(3)19(17)22-20(23)16-10-14-7-5-8-15(11-16)18(14)21/h4,6,9,12,14-16,18H,5,7-8,10-11,21H2,1-3H3,(H,22,23). The lowest BCUT2D eigenvalue weighted by atomic mass is 9.65. The Labute approximate surface area is 140 Å². The van der Waals surface area contributed by atoms with Gasteiger partial charge in [0.1, 0.15) is 0 Å². The number of carbonyl (C=O) groups is 1. The number of amides is 1. The van der Waals surface area contributed by atoms with Crippen molar-refractivity contribution in [3.63, 3.8) is 0 Å². The van der Waals surface area contributed by atoms with Crippen molar-refractivity contribution >= 4 is 11.6 Å². The molecular weight excluding hydrogens is 284 g/mol. The van der Waals surface area contributed by atoms with Crippen LogP contribution in [0.25, 0.3) is 0 Å². The minimum atomic E-state index is 0.129. The molecule has 2 aliphatic carbocycles. The summed E-state index contributed by atoms with van der Waals surface area (Å²) in [6.07, 6.45) is 5.61. The van der Waals surface area contributed by atoms with E-state index in [1.807, 2.05) is 0 Å². The minimum absolute atomic E-state index is 0.129. The lowest BCUT2D eigenvalue weighted by Gasteiger charge is -2.43. The Hall–Kier alpha value is -1.35. The van der Waals surface area contributed by atoms with Crippen LogP contribution in [0.1, 0.15) is 63.0 Å². The molecule has 0 aromatic heterocycles. The molecule has 23 heavy (non-hydrogen) atoms. The van der Waals surface area contributed by atoms with E-state index < -0.39 is 0 Å². The second-order valence-electron chi connectivity index (χ2n) is 7.88. The largest absolute Gasteiger partial charge is 0.327 e. The van der Waals surface area contributed by atoms with Gasteiger partial charge < -0.3 is 11.1 Å². The van der Waals surface area contributed by atoms with Gasteiger partial charge in [-0.25, -0.2) is 0 Å². The van der Waals surface area contributed by atoms with Gasteiger partial charge in [-0.1, -0.05) is 38.5 Å². The molecule has 0 heterocycles. The first-order valence-electron chi connectivity index (χ1n) is 9.13. The Balaban J connectivity index is 1.75. The number of aryl methyl sites for hydroxylation is 1. The van der Waals surface area contributed by atoms with Crippen LogP contribution in [-0.2, 0) is 4.79 Å². The third kappa shape index (κ3) is 3.30. The third-order valence-electron chi connectivity index (χ3n) is 5.96. The van der Waals surface area contributed by atoms with E-state index in [4.69, 9.17) is 5.73 Å². The number of fused-ring (bicyclic) bond motifs is 2. The van der Waals surface area contributed by atoms with Crippen LogP contribution in [0.5, 0.6) is 0 Å². The van der Waals surface area contributed by atoms with Crippen molar-refractivity contribution in [1.82, 2.24) is 0 Å². The Morgan fingerprint density at radius 2 is 1.87 bits per heavy atom. The number of carbonyl (C=O) groups excluding carboxylic acids is 1. The highest BCUT2D eigenvalue weighted by atomic mass is 16.1. The third-order valence-corrected chi connectivity index (χ3v) is 5.96. The first-order valence-corrected chi connectivity index (χ1v) is 9.13. The first-order chi connectivity index (χ1) is 11.0. The molecule has 126 valence electrons. The van der Waals surface area contributed by atoms with E-state index in [9.17, 15) is 4.79 Å². The topological polar surface area (TPSA) is 55.1 Å². The summed E-state index contributed by atoms with van der Waals surface area (Å²) in [4.78, 5) is 12.9. The van der Waals surface area contributed by atoms with Crippen molar-refractivity contribution < 1.29 is 4.79 Å². The van der Waals surface area contributed by atoms with Crippen LogP contribution in [0.4, 0.5) is 5.69 Å². The molecule has 2 saturated carbocycles. The molecule has 0 aliphatic heterocycles. The van der Waals surface area contributed by atoms with E-state index in [1.165, 1.54) is 24.8 Å². The fourth-order valence-electron chi connectivity index (χ4n) is 4.57. The fourth-order valence-corrected chi connectivity index (χ4v) is 4.57. The van der Waals surface area contributed by atoms with Gasteiger partial charge >= 0.3 is 0 Å². The molecule has 3 rings (SSSR count). The van der Waals surface area contributed by atoms with Crippen LogP contribution < -0.4 is 11.1 Å². The second-order valence-corrected chi connectivity index (χ2v) is 7.88. The monoisotopic (exact) mass is 314 g/mol. The van der Waals surface area contributed by atoms with Crippen molar-refractivity contribution in [1.29, 1.82) is 0 Å². The van der Waals surface area contributed by atoms with Crippen molar-refractivity contribution in [3.8, 4) is 0 Å². The van der Waals surface area contributed by atoms with Crippen molar-refractivity contribution in [2.75, 3.05) is 5.32 Å². The maximum absolute atomic E-state index is 12.9. The lowest BCUT2D eigenvalue weighted by molar-refractivity contribution is -0.122. The fraction of sp³-hybridized carbons (Fsp3) is 0.650. The number of rotatable bonds is 3. The van der Waals surface area contributed by atoms with E-state index in [1.54, 1.807) is 0 Å². The van der Waals surface area contributed by atoms with Crippen LogP contribution in [0.3, 0.4) is 0 Å². The molecule has 2 unspecified atom stereocenters. The lowest BCUT2D eigenvalue weighted by Crippen LogP contribution is -2.48. The molecule has 3 N–H and O–H groups in total. The smallest absolute Gasteiger partial charge is 0.227 e. The molecule has 2 fully saturated rings. The normalized spacial score (nSPS) is 30.3. The number of para-hydroxylation sites is 1. The summed E-state index contributed by atoms with van der Waals surface area (Å²) >= 11 is 0. The summed E-state index contributed by atoms with van der Waals surface area (Å²) in [5.74, 6) is 1.82. The van der Waals surface area contributed by atoms with Gasteiger partial charge in [-0.3, -0.25) is 4.79 Å². The van der Waals surface area contributed by atoms with Gasteiger partial charge in [-0.05, 0) is 61.5 Å². The van der Waals surface area contributed by atoms with Gasteiger partial charge in [0.2, 0.25) is 5.91 Å². The molecule has 0 radical (unpaired) electrons. The predicted octanol–water partition coefficient (Wildman–Crippen LogP) is 4.21. The number of hydrogen-bond donors (Lipinski definition) is 2. The summed E-state index contributed by atoms with van der Waals surface area (Å²) in [7, 11) is 0. The zero-order valence-electron chi connectivity index (χ0n) is 14.6. The zero-order chi connectivity index (χ0) is 16.6. The van der Waals surface area contributed by atoms with Crippen LogP contribution in [0.2, 0.25) is 0 Å².